The molecule has 336 valence electrons. The lowest BCUT2D eigenvalue weighted by molar-refractivity contribution is -0.151. The van der Waals surface area contributed by atoms with Crippen molar-refractivity contribution in [3.8, 4) is 0 Å². The average Bonchev–Trinajstić information content (AvgIpc) is 3.20. The van der Waals surface area contributed by atoms with Gasteiger partial charge in [0.15, 0.2) is 0 Å². The molecular weight excluding hydrogens is 707 g/mol. The second kappa shape index (κ2) is 45.4. The Morgan fingerprint density at radius 1 is 0.491 bits per heavy atom. The molecule has 3 N–H and O–H groups in total. The molecule has 0 aromatic rings. The van der Waals surface area contributed by atoms with Gasteiger partial charge in [0.2, 0.25) is 5.91 Å². The van der Waals surface area contributed by atoms with Gasteiger partial charge < -0.3 is 20.3 Å². The molecule has 0 aromatic heterocycles. The number of allylic oxidation sites excluding steroid dienone is 4. The molecule has 0 aromatic carbocycles. The van der Waals surface area contributed by atoms with E-state index in [4.69, 9.17) is 4.74 Å². The number of hydrogen-bond donors (Lipinski definition) is 3. The predicted octanol–water partition coefficient (Wildman–Crippen LogP) is 14.7. The smallest absolute Gasteiger partial charge is 0.306 e. The van der Waals surface area contributed by atoms with Crippen LogP contribution < -0.4 is 5.32 Å². The zero-order valence-electron chi connectivity index (χ0n) is 38.2. The minimum absolute atomic E-state index is 0.0667. The molecule has 1 amide bonds. The molecule has 57 heavy (non-hydrogen) atoms. The summed E-state index contributed by atoms with van der Waals surface area (Å²) in [5.41, 5.74) is 0. The van der Waals surface area contributed by atoms with Crippen LogP contribution in [0.2, 0.25) is 0 Å². The summed E-state index contributed by atoms with van der Waals surface area (Å²) in [4.78, 5) is 26.0. The molecule has 3 atom stereocenters. The summed E-state index contributed by atoms with van der Waals surface area (Å²) in [6, 6.07) is -0.702. The van der Waals surface area contributed by atoms with Crippen LogP contribution in [-0.2, 0) is 14.3 Å². The van der Waals surface area contributed by atoms with Gasteiger partial charge in [-0.15, -0.1) is 0 Å². The number of ether oxygens (including phenoxy) is 1. The fourth-order valence-electron chi connectivity index (χ4n) is 7.65. The van der Waals surface area contributed by atoms with Crippen molar-refractivity contribution in [3.05, 3.63) is 24.3 Å². The number of amides is 1. The van der Waals surface area contributed by atoms with E-state index >= 15 is 0 Å². The van der Waals surface area contributed by atoms with Crippen molar-refractivity contribution in [2.24, 2.45) is 0 Å². The van der Waals surface area contributed by atoms with Crippen LogP contribution in [0, 0.1) is 0 Å². The molecule has 0 aliphatic heterocycles. The highest BCUT2D eigenvalue weighted by atomic mass is 16.5. The zero-order valence-corrected chi connectivity index (χ0v) is 38.2. The molecule has 0 saturated heterocycles. The molecule has 6 heteroatoms. The molecule has 0 bridgehead atoms. The Labute approximate surface area is 354 Å². The second-order valence-electron chi connectivity index (χ2n) is 17.2. The first-order chi connectivity index (χ1) is 28.0. The molecular formula is C51H97NO5. The van der Waals surface area contributed by atoms with E-state index in [1.54, 1.807) is 0 Å². The Hall–Kier alpha value is -1.66. The monoisotopic (exact) mass is 804 g/mol. The van der Waals surface area contributed by atoms with E-state index in [2.05, 4.69) is 50.4 Å². The number of rotatable bonds is 45. The van der Waals surface area contributed by atoms with Crippen LogP contribution in [0.4, 0.5) is 0 Å². The maximum atomic E-state index is 13.1. The largest absolute Gasteiger partial charge is 0.462 e. The standard InChI is InChI=1S/C51H97NO5/c1-4-7-10-13-16-19-22-23-24-25-26-27-28-29-32-35-38-41-44-51(56)57-47(42-39-36-33-30-20-17-14-11-8-5-2)45-50(55)52-48(46-53)49(54)43-40-37-34-31-21-18-15-12-9-6-3/h17,20,26-27,47-49,53-54H,4-16,18-19,21-25,28-46H2,1-3H3,(H,52,55)/b20-17-,27-26+. The van der Waals surface area contributed by atoms with E-state index < -0.39 is 18.2 Å². The van der Waals surface area contributed by atoms with Crippen LogP contribution in [0.25, 0.3) is 0 Å². The lowest BCUT2D eigenvalue weighted by Crippen LogP contribution is -2.46. The number of nitrogens with one attached hydrogen (secondary N) is 1. The number of aliphatic hydroxyl groups is 2. The quantitative estimate of drug-likeness (QED) is 0.0324. The SMILES string of the molecule is CCCCC/C=C\CCCCCC(CC(=O)NC(CO)C(O)CCCCCCCCCCCC)OC(=O)CCCCCCC/C=C/CCCCCCCCCCC. The van der Waals surface area contributed by atoms with Gasteiger partial charge in [-0.1, -0.05) is 199 Å². The van der Waals surface area contributed by atoms with Crippen molar-refractivity contribution < 1.29 is 24.5 Å². The second-order valence-corrected chi connectivity index (χ2v) is 17.2. The molecule has 0 spiro atoms. The van der Waals surface area contributed by atoms with Crippen molar-refractivity contribution in [1.82, 2.24) is 5.32 Å². The van der Waals surface area contributed by atoms with Crippen LogP contribution in [0.15, 0.2) is 24.3 Å². The summed E-state index contributed by atoms with van der Waals surface area (Å²) in [6.45, 7) is 6.44. The first kappa shape index (κ1) is 55.3. The molecule has 0 fully saturated rings. The molecule has 0 aliphatic carbocycles. The molecule has 0 heterocycles. The van der Waals surface area contributed by atoms with Crippen LogP contribution in [0.3, 0.4) is 0 Å². The third-order valence-electron chi connectivity index (χ3n) is 11.5. The van der Waals surface area contributed by atoms with E-state index in [9.17, 15) is 19.8 Å². The van der Waals surface area contributed by atoms with Crippen molar-refractivity contribution >= 4 is 11.9 Å². The van der Waals surface area contributed by atoms with Crippen LogP contribution in [0.5, 0.6) is 0 Å². The number of hydrogen-bond acceptors (Lipinski definition) is 5. The summed E-state index contributed by atoms with van der Waals surface area (Å²) in [5.74, 6) is -0.492. The highest BCUT2D eigenvalue weighted by Crippen LogP contribution is 2.17. The summed E-state index contributed by atoms with van der Waals surface area (Å²) in [5, 5.41) is 23.6. The third-order valence-corrected chi connectivity index (χ3v) is 11.5. The van der Waals surface area contributed by atoms with E-state index in [1.807, 2.05) is 0 Å². The molecule has 0 aliphatic rings. The lowest BCUT2D eigenvalue weighted by atomic mass is 10.0. The minimum atomic E-state index is -0.787. The van der Waals surface area contributed by atoms with E-state index in [1.165, 1.54) is 141 Å². The van der Waals surface area contributed by atoms with Gasteiger partial charge in [0.1, 0.15) is 6.10 Å². The number of carbonyl (C=O) groups is 2. The summed E-state index contributed by atoms with van der Waals surface area (Å²) < 4.78 is 5.90. The predicted molar refractivity (Wildman–Crippen MR) is 246 cm³/mol. The lowest BCUT2D eigenvalue weighted by Gasteiger charge is -2.24. The Bertz CT molecular complexity index is 904. The van der Waals surface area contributed by atoms with Gasteiger partial charge >= 0.3 is 5.97 Å². The number of esters is 1. The molecule has 0 saturated carbocycles. The fraction of sp³-hybridized carbons (Fsp3) is 0.882. The number of carbonyl (C=O) groups excluding carboxylic acids is 2. The average molecular weight is 804 g/mol. The first-order valence-corrected chi connectivity index (χ1v) is 25.1. The Balaban J connectivity index is 4.48. The van der Waals surface area contributed by atoms with Gasteiger partial charge in [-0.05, 0) is 77.0 Å². The maximum Gasteiger partial charge on any atom is 0.306 e. The molecule has 0 radical (unpaired) electrons. The van der Waals surface area contributed by atoms with Gasteiger partial charge in [0.05, 0.1) is 25.2 Å². The summed E-state index contributed by atoms with van der Waals surface area (Å²) in [6.07, 6.45) is 51.0. The fourth-order valence-corrected chi connectivity index (χ4v) is 7.65. The number of unbranched alkanes of at least 4 members (excludes halogenated alkanes) is 29. The molecule has 0 rings (SSSR count). The van der Waals surface area contributed by atoms with Gasteiger partial charge in [0.25, 0.3) is 0 Å². The third kappa shape index (κ3) is 40.9. The highest BCUT2D eigenvalue weighted by Gasteiger charge is 2.24. The van der Waals surface area contributed by atoms with Crippen molar-refractivity contribution in [1.29, 1.82) is 0 Å². The maximum absolute atomic E-state index is 13.1. The normalized spacial score (nSPS) is 13.4. The van der Waals surface area contributed by atoms with Gasteiger partial charge in [0, 0.05) is 6.42 Å². The minimum Gasteiger partial charge on any atom is -0.462 e. The van der Waals surface area contributed by atoms with Crippen molar-refractivity contribution in [2.45, 2.75) is 283 Å². The zero-order chi connectivity index (χ0) is 41.7. The first-order valence-electron chi connectivity index (χ1n) is 25.1. The Morgan fingerprint density at radius 3 is 1.30 bits per heavy atom. The Kier molecular flexibility index (Phi) is 44.1. The summed E-state index contributed by atoms with van der Waals surface area (Å²) >= 11 is 0. The van der Waals surface area contributed by atoms with Gasteiger partial charge in [-0.2, -0.15) is 0 Å². The Morgan fingerprint density at radius 2 is 0.842 bits per heavy atom. The topological polar surface area (TPSA) is 95.9 Å². The van der Waals surface area contributed by atoms with Crippen molar-refractivity contribution in [3.63, 3.8) is 0 Å². The molecule has 6 nitrogen and oxygen atoms in total. The molecule has 3 unspecified atom stereocenters. The number of aliphatic hydroxyl groups excluding tert-OH is 2. The van der Waals surface area contributed by atoms with E-state index in [0.29, 0.717) is 19.3 Å². The van der Waals surface area contributed by atoms with Crippen LogP contribution in [-0.4, -0.2) is 46.9 Å². The van der Waals surface area contributed by atoms with Crippen LogP contribution in [0.1, 0.15) is 265 Å². The van der Waals surface area contributed by atoms with E-state index in [-0.39, 0.29) is 24.9 Å². The highest BCUT2D eigenvalue weighted by molar-refractivity contribution is 5.77. The van der Waals surface area contributed by atoms with Crippen LogP contribution >= 0.6 is 0 Å². The van der Waals surface area contributed by atoms with E-state index in [0.717, 1.165) is 77.0 Å². The van der Waals surface area contributed by atoms with Crippen molar-refractivity contribution in [2.75, 3.05) is 6.61 Å². The van der Waals surface area contributed by atoms with Gasteiger partial charge in [-0.3, -0.25) is 9.59 Å². The summed E-state index contributed by atoms with van der Waals surface area (Å²) in [7, 11) is 0. The van der Waals surface area contributed by atoms with Gasteiger partial charge in [-0.25, -0.2) is 0 Å².